The Bertz CT molecular complexity index is 686. The molecule has 0 aromatic carbocycles. The summed E-state index contributed by atoms with van der Waals surface area (Å²) < 4.78 is 0. The number of nitrogens with zero attached hydrogens (tertiary/aromatic N) is 1. The Kier molecular flexibility index (Phi) is 9.82. The maximum atomic E-state index is 12.3. The smallest absolute Gasteiger partial charge is 0.327 e. The summed E-state index contributed by atoms with van der Waals surface area (Å²) in [5.74, 6) is -3.36. The molecule has 0 radical (unpaired) electrons. The number of carboxylic acids is 1. The van der Waals surface area contributed by atoms with Gasteiger partial charge in [-0.3, -0.25) is 14.4 Å². The Morgan fingerprint density at radius 3 is 2.21 bits per heavy atom. The van der Waals surface area contributed by atoms with Crippen LogP contribution < -0.4 is 21.7 Å². The fourth-order valence-electron chi connectivity index (χ4n) is 2.06. The van der Waals surface area contributed by atoms with Crippen LogP contribution in [0.2, 0.25) is 0 Å². The lowest BCUT2D eigenvalue weighted by molar-refractivity contribution is -0.141. The zero-order valence-electron chi connectivity index (χ0n) is 15.1. The number of carbonyl (C=O) groups is 4. The fraction of sp³-hybridized carbons (Fsp3) is 0.533. The van der Waals surface area contributed by atoms with E-state index in [1.54, 1.807) is 0 Å². The number of hydrogen-bond acceptors (Lipinski definition) is 8. The lowest BCUT2D eigenvalue weighted by Crippen LogP contribution is -2.57. The van der Waals surface area contributed by atoms with Crippen LogP contribution in [0, 0.1) is 0 Å². The molecule has 0 fully saturated rings. The molecule has 0 bridgehead atoms. The Hall–Kier alpha value is -2.25. The van der Waals surface area contributed by atoms with Crippen LogP contribution in [-0.4, -0.2) is 74.4 Å². The van der Waals surface area contributed by atoms with Crippen molar-refractivity contribution in [2.24, 2.45) is 5.73 Å². The van der Waals surface area contributed by atoms with Gasteiger partial charge in [-0.2, -0.15) is 25.3 Å². The third kappa shape index (κ3) is 7.40. The maximum Gasteiger partial charge on any atom is 0.327 e. The van der Waals surface area contributed by atoms with Crippen molar-refractivity contribution in [3.05, 3.63) is 18.2 Å². The topological polar surface area (TPSA) is 179 Å². The van der Waals surface area contributed by atoms with Crippen LogP contribution in [0.4, 0.5) is 0 Å². The second kappa shape index (κ2) is 11.6. The van der Waals surface area contributed by atoms with Crippen LogP contribution in [0.25, 0.3) is 0 Å². The molecule has 156 valence electrons. The van der Waals surface area contributed by atoms with E-state index in [4.69, 9.17) is 10.8 Å². The molecule has 1 heterocycles. The van der Waals surface area contributed by atoms with Crippen molar-refractivity contribution in [3.8, 4) is 0 Å². The van der Waals surface area contributed by atoms with Gasteiger partial charge in [0.2, 0.25) is 17.7 Å². The summed E-state index contributed by atoms with van der Waals surface area (Å²) in [6, 6.07) is -4.16. The van der Waals surface area contributed by atoms with Crippen molar-refractivity contribution >= 4 is 48.9 Å². The van der Waals surface area contributed by atoms with E-state index in [-0.39, 0.29) is 17.9 Å². The summed E-state index contributed by atoms with van der Waals surface area (Å²) in [4.78, 5) is 54.1. The molecule has 4 atom stereocenters. The second-order valence-electron chi connectivity index (χ2n) is 5.94. The van der Waals surface area contributed by atoms with Gasteiger partial charge in [0.1, 0.15) is 18.1 Å². The monoisotopic (exact) mass is 432 g/mol. The Morgan fingerprint density at radius 1 is 1.11 bits per heavy atom. The summed E-state index contributed by atoms with van der Waals surface area (Å²) in [6.07, 6.45) is 3.21. The highest BCUT2D eigenvalue weighted by Gasteiger charge is 2.27. The van der Waals surface area contributed by atoms with Gasteiger partial charge in [-0.25, -0.2) is 9.78 Å². The van der Waals surface area contributed by atoms with Crippen LogP contribution in [0.1, 0.15) is 12.6 Å². The first kappa shape index (κ1) is 23.8. The second-order valence-corrected chi connectivity index (χ2v) is 6.67. The third-order valence-corrected chi connectivity index (χ3v) is 4.43. The zero-order chi connectivity index (χ0) is 21.3. The third-order valence-electron chi connectivity index (χ3n) is 3.70. The van der Waals surface area contributed by atoms with Crippen molar-refractivity contribution in [1.82, 2.24) is 25.9 Å². The lowest BCUT2D eigenvalue weighted by Gasteiger charge is -2.22. The Morgan fingerprint density at radius 2 is 1.71 bits per heavy atom. The maximum absolute atomic E-state index is 12.3. The van der Waals surface area contributed by atoms with Gasteiger partial charge >= 0.3 is 5.97 Å². The number of nitrogens with two attached hydrogens (primary N) is 1. The predicted molar refractivity (Wildman–Crippen MR) is 107 cm³/mol. The number of hydrogen-bond donors (Lipinski definition) is 8. The summed E-state index contributed by atoms with van der Waals surface area (Å²) in [5, 5.41) is 16.1. The van der Waals surface area contributed by atoms with Crippen molar-refractivity contribution in [2.75, 3.05) is 11.5 Å². The van der Waals surface area contributed by atoms with E-state index in [0.29, 0.717) is 5.69 Å². The first-order valence-electron chi connectivity index (χ1n) is 8.28. The highest BCUT2D eigenvalue weighted by molar-refractivity contribution is 7.80. The van der Waals surface area contributed by atoms with Gasteiger partial charge in [-0.05, 0) is 6.92 Å². The molecule has 3 amide bonds. The van der Waals surface area contributed by atoms with Crippen molar-refractivity contribution in [3.63, 3.8) is 0 Å². The van der Waals surface area contributed by atoms with Crippen LogP contribution in [0.15, 0.2) is 12.5 Å². The summed E-state index contributed by atoms with van der Waals surface area (Å²) in [6.45, 7) is 1.43. The standard InChI is InChI=1S/C15H24N6O5S2/c1-7(19-13(23)9(16)2-8-3-17-6-18-8)12(22)20-10(4-27)14(24)21-11(5-28)15(25)26/h3,6-7,9-11,27-28H,2,4-5,16H2,1H3,(H,17,18)(H,19,23)(H,20,22)(H,21,24)(H,25,26). The molecule has 1 aromatic rings. The molecule has 4 unspecified atom stereocenters. The highest BCUT2D eigenvalue weighted by atomic mass is 32.1. The van der Waals surface area contributed by atoms with Gasteiger partial charge < -0.3 is 31.8 Å². The normalized spacial score (nSPS) is 15.0. The number of imidazole rings is 1. The minimum absolute atomic E-state index is 0.0729. The molecule has 11 nitrogen and oxygen atoms in total. The zero-order valence-corrected chi connectivity index (χ0v) is 16.9. The quantitative estimate of drug-likeness (QED) is 0.181. The summed E-state index contributed by atoms with van der Waals surface area (Å²) in [7, 11) is 0. The molecular weight excluding hydrogens is 408 g/mol. The first-order chi connectivity index (χ1) is 13.2. The van der Waals surface area contributed by atoms with Crippen LogP contribution >= 0.6 is 25.3 Å². The van der Waals surface area contributed by atoms with Gasteiger partial charge in [-0.15, -0.1) is 0 Å². The van der Waals surface area contributed by atoms with Gasteiger partial charge in [0.15, 0.2) is 0 Å². The molecule has 1 aromatic heterocycles. The van der Waals surface area contributed by atoms with Gasteiger partial charge in [0, 0.05) is 29.8 Å². The van der Waals surface area contributed by atoms with E-state index in [1.807, 2.05) is 0 Å². The molecule has 13 heteroatoms. The Labute approximate surface area is 172 Å². The molecule has 0 saturated heterocycles. The molecule has 28 heavy (non-hydrogen) atoms. The molecule has 0 aliphatic rings. The number of nitrogens with one attached hydrogen (secondary N) is 4. The van der Waals surface area contributed by atoms with Crippen molar-refractivity contribution in [1.29, 1.82) is 0 Å². The average Bonchev–Trinajstić information content (AvgIpc) is 3.16. The predicted octanol–water partition coefficient (Wildman–Crippen LogP) is -2.30. The molecular formula is C15H24N6O5S2. The number of rotatable bonds is 11. The average molecular weight is 433 g/mol. The number of carbonyl (C=O) groups excluding carboxylic acids is 3. The van der Waals surface area contributed by atoms with Crippen molar-refractivity contribution in [2.45, 2.75) is 37.5 Å². The van der Waals surface area contributed by atoms with Crippen LogP contribution in [0.5, 0.6) is 0 Å². The molecule has 0 aliphatic heterocycles. The summed E-state index contributed by atoms with van der Waals surface area (Å²) in [5.41, 5.74) is 6.47. The number of aromatic nitrogens is 2. The number of carboxylic acid groups (broad SMARTS) is 1. The Balaban J connectivity index is 2.57. The molecule has 7 N–H and O–H groups in total. The minimum Gasteiger partial charge on any atom is -0.480 e. The summed E-state index contributed by atoms with van der Waals surface area (Å²) >= 11 is 7.84. The van der Waals surface area contributed by atoms with Gasteiger partial charge in [0.25, 0.3) is 0 Å². The number of amides is 3. The van der Waals surface area contributed by atoms with Crippen LogP contribution in [-0.2, 0) is 25.6 Å². The fourth-order valence-corrected chi connectivity index (χ4v) is 2.57. The van der Waals surface area contributed by atoms with Gasteiger partial charge in [0.05, 0.1) is 12.4 Å². The van der Waals surface area contributed by atoms with E-state index in [2.05, 4.69) is 51.2 Å². The molecule has 0 saturated carbocycles. The minimum atomic E-state index is -1.25. The van der Waals surface area contributed by atoms with Gasteiger partial charge in [-0.1, -0.05) is 0 Å². The molecule has 0 spiro atoms. The lowest BCUT2D eigenvalue weighted by atomic mass is 10.1. The molecule has 1 rings (SSSR count). The van der Waals surface area contributed by atoms with E-state index in [0.717, 1.165) is 0 Å². The number of aromatic amines is 1. The largest absolute Gasteiger partial charge is 0.480 e. The number of H-pyrrole nitrogens is 1. The van der Waals surface area contributed by atoms with Crippen molar-refractivity contribution < 1.29 is 24.3 Å². The van der Waals surface area contributed by atoms with E-state index < -0.39 is 47.9 Å². The van der Waals surface area contributed by atoms with Crippen LogP contribution in [0.3, 0.4) is 0 Å². The highest BCUT2D eigenvalue weighted by Crippen LogP contribution is 1.98. The SMILES string of the molecule is CC(NC(=O)C(N)Cc1cnc[nH]1)C(=O)NC(CS)C(=O)NC(CS)C(=O)O. The van der Waals surface area contributed by atoms with E-state index in [1.165, 1.54) is 19.4 Å². The first-order valence-corrected chi connectivity index (χ1v) is 9.54. The number of aliphatic carboxylic acids is 1. The molecule has 0 aliphatic carbocycles. The van der Waals surface area contributed by atoms with E-state index in [9.17, 15) is 19.2 Å². The van der Waals surface area contributed by atoms with E-state index >= 15 is 0 Å². The number of thiol groups is 2.